The summed E-state index contributed by atoms with van der Waals surface area (Å²) in [4.78, 5) is 64.9. The number of carboxylic acids is 1. The molecule has 16 heteroatoms. The largest absolute Gasteiger partial charge is 0.508 e. The van der Waals surface area contributed by atoms with Gasteiger partial charge < -0.3 is 52.4 Å². The molecule has 0 atom stereocenters. The van der Waals surface area contributed by atoms with E-state index in [1.54, 1.807) is 116 Å². The summed E-state index contributed by atoms with van der Waals surface area (Å²) in [5.41, 5.74) is 7.13. The number of carbonyl (C=O) groups excluding carboxylic acids is 4. The third kappa shape index (κ3) is 20.0. The molecule has 0 spiro atoms. The highest BCUT2D eigenvalue weighted by atomic mass is 16.5. The SMILES string of the molecule is CCOC(=O)/C=C/CCCOc1ccccc1CN(C)C(=O)c1ccc(-c2ccco2)cc1.CN(Cc1ccccc1O)C(=O)c1ccc(-c2ccco2)cc1.CN(Cc1ccccc1OCCC/C=C/C(=O)O)C(=O)c1ccc(-c2ccco2)cc1. The summed E-state index contributed by atoms with van der Waals surface area (Å²) in [6.45, 7) is 4.32. The lowest BCUT2D eigenvalue weighted by atomic mass is 10.1. The number of unbranched alkanes of at least 4 members (excludes halogenated alkanes) is 2. The number of aromatic hydroxyl groups is 1. The fraction of sp³-hybridized carbons (Fsp3) is 0.197. The predicted molar refractivity (Wildman–Crippen MR) is 333 cm³/mol. The van der Waals surface area contributed by atoms with Gasteiger partial charge in [-0.05, 0) is 124 Å². The van der Waals surface area contributed by atoms with Gasteiger partial charge in [-0.1, -0.05) is 103 Å². The summed E-state index contributed by atoms with van der Waals surface area (Å²) in [6, 6.07) is 55.5. The highest BCUT2D eigenvalue weighted by Crippen LogP contribution is 2.27. The third-order valence-electron chi connectivity index (χ3n) is 13.4. The van der Waals surface area contributed by atoms with Gasteiger partial charge in [0, 0.05) is 103 Å². The van der Waals surface area contributed by atoms with E-state index in [1.165, 1.54) is 6.08 Å². The highest BCUT2D eigenvalue weighted by Gasteiger charge is 2.18. The number of furan rings is 3. The van der Waals surface area contributed by atoms with E-state index in [-0.39, 0.29) is 29.4 Å². The molecule has 448 valence electrons. The molecule has 9 rings (SSSR count). The molecule has 0 bridgehead atoms. The Hall–Kier alpha value is -10.6. The molecule has 3 amide bonds. The van der Waals surface area contributed by atoms with Crippen molar-refractivity contribution in [3.63, 3.8) is 0 Å². The molecule has 0 unspecified atom stereocenters. The number of hydrogen-bond acceptors (Lipinski definition) is 12. The van der Waals surface area contributed by atoms with Crippen LogP contribution in [0.5, 0.6) is 17.2 Å². The van der Waals surface area contributed by atoms with Crippen LogP contribution in [0.1, 0.15) is 80.4 Å². The number of phenols is 1. The first-order valence-corrected chi connectivity index (χ1v) is 28.4. The number of para-hydroxylation sites is 3. The minimum Gasteiger partial charge on any atom is -0.508 e. The lowest BCUT2D eigenvalue weighted by Gasteiger charge is -2.19. The smallest absolute Gasteiger partial charge is 0.330 e. The number of nitrogens with zero attached hydrogens (tertiary/aromatic N) is 3. The molecule has 3 heterocycles. The van der Waals surface area contributed by atoms with Crippen molar-refractivity contribution in [2.24, 2.45) is 0 Å². The standard InChI is InChI=1S/C27H29NO5.C25H25NO5.C19H17NO3/c1-3-31-26(29)13-5-4-8-18-32-25-11-7-6-10-23(25)20-28(2)27(30)22-16-14-21(15-17-22)24-12-9-19-33-24;1-26(25(29)20-14-12-19(13-15-20)22-10-7-17-31-22)18-21-8-4-5-9-23(21)30-16-6-2-3-11-24(27)28;1-20(13-16-5-2-3-6-17(16)21)19(22)15-10-8-14(9-11-15)18-7-4-12-23-18/h5-7,9-17,19H,3-4,8,18,20H2,1-2H3;3-5,7-15,17H,2,6,16,18H2,1H3,(H,27,28);2-12,21H,13H2,1H3/b13-5+;11-3+;. The quantitative estimate of drug-likeness (QED) is 0.0311. The van der Waals surface area contributed by atoms with Crippen LogP contribution in [0.2, 0.25) is 0 Å². The molecule has 0 fully saturated rings. The van der Waals surface area contributed by atoms with Crippen LogP contribution in [0, 0.1) is 0 Å². The van der Waals surface area contributed by atoms with E-state index >= 15 is 0 Å². The monoisotopic (exact) mass is 1170 g/mol. The van der Waals surface area contributed by atoms with Crippen molar-refractivity contribution < 1.29 is 61.6 Å². The Labute approximate surface area is 506 Å². The van der Waals surface area contributed by atoms with E-state index < -0.39 is 5.97 Å². The van der Waals surface area contributed by atoms with E-state index in [2.05, 4.69) is 0 Å². The van der Waals surface area contributed by atoms with Gasteiger partial charge in [0.1, 0.15) is 34.5 Å². The molecule has 0 radical (unpaired) electrons. The maximum atomic E-state index is 12.9. The van der Waals surface area contributed by atoms with Gasteiger partial charge in [0.15, 0.2) is 0 Å². The molecule has 9 aromatic rings. The van der Waals surface area contributed by atoms with Crippen LogP contribution >= 0.6 is 0 Å². The van der Waals surface area contributed by atoms with Crippen LogP contribution in [0.4, 0.5) is 0 Å². The second kappa shape index (κ2) is 33.6. The first kappa shape index (κ1) is 64.0. The first-order valence-electron chi connectivity index (χ1n) is 28.4. The summed E-state index contributed by atoms with van der Waals surface area (Å²) in [5, 5.41) is 18.4. The second-order valence-corrected chi connectivity index (χ2v) is 19.9. The predicted octanol–water partition coefficient (Wildman–Crippen LogP) is 14.4. The van der Waals surface area contributed by atoms with Gasteiger partial charge in [-0.3, -0.25) is 14.4 Å². The number of carboxylic acid groups (broad SMARTS) is 1. The van der Waals surface area contributed by atoms with Crippen LogP contribution in [-0.4, -0.2) is 95.5 Å². The van der Waals surface area contributed by atoms with Crippen molar-refractivity contribution in [2.45, 2.75) is 52.2 Å². The van der Waals surface area contributed by atoms with E-state index in [0.717, 1.165) is 74.7 Å². The Morgan fingerprint density at radius 2 is 0.805 bits per heavy atom. The molecule has 0 aliphatic carbocycles. The van der Waals surface area contributed by atoms with Crippen LogP contribution in [0.25, 0.3) is 34.0 Å². The molecule has 3 aromatic heterocycles. The molecular weight excluding hydrogens is 1100 g/mol. The molecule has 0 aliphatic heterocycles. The number of ether oxygens (including phenoxy) is 3. The summed E-state index contributed by atoms with van der Waals surface area (Å²) < 4.78 is 32.8. The zero-order valence-corrected chi connectivity index (χ0v) is 49.2. The van der Waals surface area contributed by atoms with Gasteiger partial charge in [0.25, 0.3) is 17.7 Å². The van der Waals surface area contributed by atoms with Crippen molar-refractivity contribution in [3.05, 3.63) is 258 Å². The Morgan fingerprint density at radius 1 is 0.448 bits per heavy atom. The van der Waals surface area contributed by atoms with E-state index in [0.29, 0.717) is 75.4 Å². The first-order chi connectivity index (χ1) is 42.3. The third-order valence-corrected chi connectivity index (χ3v) is 13.4. The lowest BCUT2D eigenvalue weighted by Crippen LogP contribution is -2.26. The van der Waals surface area contributed by atoms with Gasteiger partial charge in [0.2, 0.25) is 0 Å². The van der Waals surface area contributed by atoms with Crippen molar-refractivity contribution >= 4 is 29.7 Å². The van der Waals surface area contributed by atoms with Crippen LogP contribution in [-0.2, 0) is 34.0 Å². The van der Waals surface area contributed by atoms with Gasteiger partial charge in [-0.2, -0.15) is 0 Å². The Bertz CT molecular complexity index is 3630. The van der Waals surface area contributed by atoms with Crippen molar-refractivity contribution in [2.75, 3.05) is 41.0 Å². The molecule has 0 aliphatic rings. The van der Waals surface area contributed by atoms with Crippen molar-refractivity contribution in [1.82, 2.24) is 14.7 Å². The Kier molecular flexibility index (Phi) is 24.7. The average Bonchev–Trinajstić information content (AvgIpc) is 4.38. The second-order valence-electron chi connectivity index (χ2n) is 19.9. The molecule has 6 aromatic carbocycles. The Balaban J connectivity index is 0.000000189. The molecule has 2 N–H and O–H groups in total. The number of benzene rings is 6. The van der Waals surface area contributed by atoms with Gasteiger partial charge >= 0.3 is 11.9 Å². The van der Waals surface area contributed by atoms with Gasteiger partial charge in [-0.25, -0.2) is 9.59 Å². The average molecular weight is 1170 g/mol. The van der Waals surface area contributed by atoms with Crippen LogP contribution < -0.4 is 9.47 Å². The number of rotatable bonds is 25. The number of allylic oxidation sites excluding steroid dienone is 2. The summed E-state index contributed by atoms with van der Waals surface area (Å²) in [6.07, 6.45) is 13.7. The number of carbonyl (C=O) groups is 5. The normalized spacial score (nSPS) is 10.8. The molecule has 0 saturated heterocycles. The maximum absolute atomic E-state index is 12.9. The number of amides is 3. The molecule has 87 heavy (non-hydrogen) atoms. The minimum atomic E-state index is -0.949. The molecular formula is C71H71N3O13. The summed E-state index contributed by atoms with van der Waals surface area (Å²) in [7, 11) is 5.26. The fourth-order valence-electron chi connectivity index (χ4n) is 8.82. The fourth-order valence-corrected chi connectivity index (χ4v) is 8.82. The number of aliphatic carboxylic acids is 1. The minimum absolute atomic E-state index is 0.0695. The van der Waals surface area contributed by atoms with Gasteiger partial charge in [0.05, 0.1) is 38.6 Å². The zero-order valence-electron chi connectivity index (χ0n) is 49.2. The van der Waals surface area contributed by atoms with E-state index in [4.69, 9.17) is 32.6 Å². The molecule has 0 saturated carbocycles. The zero-order chi connectivity index (χ0) is 61.8. The number of esters is 1. The van der Waals surface area contributed by atoms with E-state index in [1.807, 2.05) is 140 Å². The summed E-state index contributed by atoms with van der Waals surface area (Å²) >= 11 is 0. The van der Waals surface area contributed by atoms with Crippen LogP contribution in [0.3, 0.4) is 0 Å². The number of phenolic OH excluding ortho intramolecular Hbond substituents is 1. The lowest BCUT2D eigenvalue weighted by molar-refractivity contribution is -0.137. The van der Waals surface area contributed by atoms with Crippen molar-refractivity contribution in [1.29, 1.82) is 0 Å². The molecule has 16 nitrogen and oxygen atoms in total. The number of hydrogen-bond donors (Lipinski definition) is 2. The Morgan fingerprint density at radius 3 is 1.16 bits per heavy atom. The van der Waals surface area contributed by atoms with E-state index in [9.17, 15) is 29.1 Å². The highest BCUT2D eigenvalue weighted by molar-refractivity contribution is 5.96. The summed E-state index contributed by atoms with van der Waals surface area (Å²) in [5.74, 6) is 2.44. The topological polar surface area (TPSA) is 203 Å². The maximum Gasteiger partial charge on any atom is 0.330 e. The van der Waals surface area contributed by atoms with Crippen molar-refractivity contribution in [3.8, 4) is 51.2 Å². The van der Waals surface area contributed by atoms with Crippen LogP contribution in [0.15, 0.2) is 238 Å². The van der Waals surface area contributed by atoms with Gasteiger partial charge in [-0.15, -0.1) is 0 Å².